The van der Waals surface area contributed by atoms with E-state index >= 15 is 0 Å². The van der Waals surface area contributed by atoms with Gasteiger partial charge in [-0.2, -0.15) is 0 Å². The van der Waals surface area contributed by atoms with E-state index in [9.17, 15) is 19.2 Å². The van der Waals surface area contributed by atoms with Crippen LogP contribution >= 0.6 is 0 Å². The van der Waals surface area contributed by atoms with Crippen LogP contribution in [-0.2, 0) is 38.8 Å². The number of amides is 3. The maximum Gasteiger partial charge on any atom is 0.329 e. The number of nitrogens with zero attached hydrogens (tertiary/aromatic N) is 3. The molecule has 0 saturated carbocycles. The molecule has 50 heavy (non-hydrogen) atoms. The van der Waals surface area contributed by atoms with Crippen molar-refractivity contribution in [2.75, 3.05) is 6.67 Å². The van der Waals surface area contributed by atoms with Gasteiger partial charge in [0.1, 0.15) is 31.6 Å². The average molecular weight is 671 g/mol. The van der Waals surface area contributed by atoms with E-state index in [0.717, 1.165) is 38.9 Å². The van der Waals surface area contributed by atoms with Crippen molar-refractivity contribution in [1.29, 1.82) is 0 Å². The molecule has 5 aromatic rings. The van der Waals surface area contributed by atoms with Crippen LogP contribution in [-0.4, -0.2) is 56.9 Å². The SMILES string of the molecule is CCCCC(=NOCc1ccccc1)C(=O)N(CN1C(=O)c2ccccc2C1=O)[C@@H](Cc1c[nH]c2ccccc12)C(=O)OCc1ccccc1. The number of rotatable bonds is 15. The van der Waals surface area contributed by atoms with Crippen molar-refractivity contribution in [2.24, 2.45) is 5.16 Å². The Morgan fingerprint density at radius 3 is 2.06 bits per heavy atom. The minimum atomic E-state index is -1.24. The van der Waals surface area contributed by atoms with E-state index in [4.69, 9.17) is 9.57 Å². The van der Waals surface area contributed by atoms with Crippen molar-refractivity contribution in [3.63, 3.8) is 0 Å². The number of H-pyrrole nitrogens is 1. The van der Waals surface area contributed by atoms with Gasteiger partial charge in [0, 0.05) is 23.5 Å². The molecule has 3 amide bonds. The maximum absolute atomic E-state index is 14.7. The monoisotopic (exact) mass is 670 g/mol. The third-order valence-corrected chi connectivity index (χ3v) is 8.66. The number of esters is 1. The second-order valence-electron chi connectivity index (χ2n) is 12.1. The molecule has 2 heterocycles. The molecule has 0 saturated heterocycles. The Morgan fingerprint density at radius 2 is 1.40 bits per heavy atom. The first-order valence-electron chi connectivity index (χ1n) is 16.7. The van der Waals surface area contributed by atoms with Crippen molar-refractivity contribution in [1.82, 2.24) is 14.8 Å². The smallest absolute Gasteiger partial charge is 0.329 e. The minimum Gasteiger partial charge on any atom is -0.459 e. The van der Waals surface area contributed by atoms with Gasteiger partial charge in [-0.25, -0.2) is 4.79 Å². The fraction of sp³-hybridized carbons (Fsp3) is 0.225. The second kappa shape index (κ2) is 15.9. The van der Waals surface area contributed by atoms with Crippen LogP contribution in [0.1, 0.15) is 63.6 Å². The lowest BCUT2D eigenvalue weighted by Gasteiger charge is -2.33. The summed E-state index contributed by atoms with van der Waals surface area (Å²) < 4.78 is 5.86. The van der Waals surface area contributed by atoms with Gasteiger partial charge in [-0.05, 0) is 47.7 Å². The Labute approximate surface area is 290 Å². The molecule has 10 heteroatoms. The van der Waals surface area contributed by atoms with Gasteiger partial charge < -0.3 is 19.5 Å². The van der Waals surface area contributed by atoms with Crippen molar-refractivity contribution in [2.45, 2.75) is 51.9 Å². The van der Waals surface area contributed by atoms with Gasteiger partial charge in [-0.3, -0.25) is 19.3 Å². The van der Waals surface area contributed by atoms with E-state index in [2.05, 4.69) is 10.1 Å². The lowest BCUT2D eigenvalue weighted by Crippen LogP contribution is -2.54. The van der Waals surface area contributed by atoms with Crippen LogP contribution in [0.4, 0.5) is 0 Å². The number of imide groups is 1. The van der Waals surface area contributed by atoms with Gasteiger partial charge in [-0.15, -0.1) is 0 Å². The molecule has 1 atom stereocenters. The van der Waals surface area contributed by atoms with Crippen molar-refractivity contribution >= 4 is 40.3 Å². The summed E-state index contributed by atoms with van der Waals surface area (Å²) >= 11 is 0. The van der Waals surface area contributed by atoms with Gasteiger partial charge in [0.05, 0.1) is 11.1 Å². The fourth-order valence-electron chi connectivity index (χ4n) is 5.94. The van der Waals surface area contributed by atoms with Crippen LogP contribution in [0.15, 0.2) is 121 Å². The van der Waals surface area contributed by atoms with Crippen LogP contribution in [0.25, 0.3) is 10.9 Å². The summed E-state index contributed by atoms with van der Waals surface area (Å²) in [6, 6.07) is 31.6. The predicted molar refractivity (Wildman–Crippen MR) is 189 cm³/mol. The number of para-hydroxylation sites is 1. The first-order chi connectivity index (χ1) is 24.4. The van der Waals surface area contributed by atoms with E-state index in [-0.39, 0.29) is 42.9 Å². The Balaban J connectivity index is 1.39. The van der Waals surface area contributed by atoms with Crippen LogP contribution in [0.2, 0.25) is 0 Å². The minimum absolute atomic E-state index is 0.0317. The molecule has 1 aliphatic heterocycles. The standard InChI is InChI=1S/C40H38N4O6/c1-2-3-21-35(42-50-26-29-16-8-5-9-17-29)39(47)43(27-44-37(45)32-19-10-11-20-33(32)38(44)46)36(40(48)49-25-28-14-6-4-7-15-28)23-30-24-41-34-22-13-12-18-31(30)34/h4-20,22,24,36,41H,2-3,21,23,25-27H2,1H3/t36-/m0/s1. The number of aromatic amines is 1. The maximum atomic E-state index is 14.7. The lowest BCUT2D eigenvalue weighted by molar-refractivity contribution is -0.155. The molecule has 4 aromatic carbocycles. The van der Waals surface area contributed by atoms with Crippen LogP contribution < -0.4 is 0 Å². The topological polar surface area (TPSA) is 121 Å². The molecule has 254 valence electrons. The highest BCUT2D eigenvalue weighted by Crippen LogP contribution is 2.26. The van der Waals surface area contributed by atoms with E-state index in [1.807, 2.05) is 91.9 Å². The molecule has 0 bridgehead atoms. The largest absolute Gasteiger partial charge is 0.459 e. The molecule has 1 aromatic heterocycles. The highest BCUT2D eigenvalue weighted by atomic mass is 16.6. The van der Waals surface area contributed by atoms with Gasteiger partial charge in [0.2, 0.25) is 0 Å². The van der Waals surface area contributed by atoms with Gasteiger partial charge in [-0.1, -0.05) is 109 Å². The van der Waals surface area contributed by atoms with Crippen molar-refractivity contribution in [3.8, 4) is 0 Å². The molecule has 10 nitrogen and oxygen atoms in total. The van der Waals surface area contributed by atoms with E-state index in [1.165, 1.54) is 4.90 Å². The zero-order chi connectivity index (χ0) is 34.9. The molecule has 0 unspecified atom stereocenters. The molecule has 6 rings (SSSR count). The number of carbonyl (C=O) groups is 4. The number of hydrogen-bond donors (Lipinski definition) is 1. The molecular weight excluding hydrogens is 632 g/mol. The summed E-state index contributed by atoms with van der Waals surface area (Å²) in [6.45, 7) is 1.59. The number of benzene rings is 4. The number of fused-ring (bicyclic) bond motifs is 2. The lowest BCUT2D eigenvalue weighted by atomic mass is 10.0. The summed E-state index contributed by atoms with van der Waals surface area (Å²) in [4.78, 5) is 67.4. The molecule has 0 spiro atoms. The summed E-state index contributed by atoms with van der Waals surface area (Å²) in [5.41, 5.74) is 3.78. The number of carbonyl (C=O) groups excluding carboxylic acids is 4. The summed E-state index contributed by atoms with van der Waals surface area (Å²) in [7, 11) is 0. The third kappa shape index (κ3) is 7.65. The Kier molecular flexibility index (Phi) is 10.8. The van der Waals surface area contributed by atoms with Crippen molar-refractivity contribution in [3.05, 3.63) is 143 Å². The number of hydrogen-bond acceptors (Lipinski definition) is 7. The zero-order valence-corrected chi connectivity index (χ0v) is 27.8. The molecule has 1 aliphatic rings. The average Bonchev–Trinajstić information content (AvgIpc) is 3.67. The van der Waals surface area contributed by atoms with E-state index in [1.54, 1.807) is 30.5 Å². The highest BCUT2D eigenvalue weighted by molar-refractivity contribution is 6.39. The zero-order valence-electron chi connectivity index (χ0n) is 27.8. The number of oxime groups is 1. The first-order valence-corrected chi connectivity index (χ1v) is 16.7. The predicted octanol–water partition coefficient (Wildman–Crippen LogP) is 6.67. The Bertz CT molecular complexity index is 1970. The third-order valence-electron chi connectivity index (χ3n) is 8.66. The summed E-state index contributed by atoms with van der Waals surface area (Å²) in [5, 5.41) is 5.16. The fourth-order valence-corrected chi connectivity index (χ4v) is 5.94. The van der Waals surface area contributed by atoms with Gasteiger partial charge >= 0.3 is 5.97 Å². The normalized spacial score (nSPS) is 13.3. The van der Waals surface area contributed by atoms with Crippen LogP contribution in [0.3, 0.4) is 0 Å². The second-order valence-corrected chi connectivity index (χ2v) is 12.1. The summed E-state index contributed by atoms with van der Waals surface area (Å²) in [6.07, 6.45) is 3.47. The first kappa shape index (κ1) is 33.9. The molecule has 0 aliphatic carbocycles. The summed E-state index contributed by atoms with van der Waals surface area (Å²) in [5.74, 6) is -2.44. The number of nitrogens with one attached hydrogen (secondary N) is 1. The molecule has 0 fully saturated rings. The van der Waals surface area contributed by atoms with E-state index in [0.29, 0.717) is 6.42 Å². The van der Waals surface area contributed by atoms with Crippen molar-refractivity contribution < 1.29 is 28.8 Å². The van der Waals surface area contributed by atoms with Crippen LogP contribution in [0.5, 0.6) is 0 Å². The quantitative estimate of drug-likeness (QED) is 0.0575. The number of ether oxygens (including phenoxy) is 1. The van der Waals surface area contributed by atoms with Crippen LogP contribution in [0, 0.1) is 0 Å². The number of unbranched alkanes of at least 4 members (excludes halogenated alkanes) is 1. The van der Waals surface area contributed by atoms with E-state index < -0.39 is 36.4 Å². The Morgan fingerprint density at radius 1 is 0.800 bits per heavy atom. The molecule has 1 N–H and O–H groups in total. The molecule has 0 radical (unpaired) electrons. The Hall–Kier alpha value is -6.03. The van der Waals surface area contributed by atoms with Gasteiger partial charge in [0.15, 0.2) is 0 Å². The molecular formula is C40H38N4O6. The number of aromatic nitrogens is 1. The van der Waals surface area contributed by atoms with Gasteiger partial charge in [0.25, 0.3) is 17.7 Å². The highest BCUT2D eigenvalue weighted by Gasteiger charge is 2.41.